The minimum atomic E-state index is -0.0779. The molecule has 1 nitrogen and oxygen atoms in total. The molecule has 0 N–H and O–H groups in total. The molecule has 0 heterocycles. The van der Waals surface area contributed by atoms with Gasteiger partial charge in [-0.1, -0.05) is 131 Å². The zero-order valence-corrected chi connectivity index (χ0v) is 29.8. The third-order valence-corrected chi connectivity index (χ3v) is 8.10. The maximum absolute atomic E-state index is 5.48. The van der Waals surface area contributed by atoms with Gasteiger partial charge in [-0.25, -0.2) is 0 Å². The Bertz CT molecular complexity index is 884. The fourth-order valence-corrected chi connectivity index (χ4v) is 4.75. The van der Waals surface area contributed by atoms with Crippen LogP contribution in [-0.2, 0) is 4.74 Å². The molecule has 0 radical (unpaired) electrons. The highest BCUT2D eigenvalue weighted by Gasteiger charge is 2.13. The van der Waals surface area contributed by atoms with Crippen LogP contribution in [-0.4, -0.2) is 12.7 Å². The minimum Gasteiger partial charge on any atom is -0.378 e. The molecule has 0 bridgehead atoms. The van der Waals surface area contributed by atoms with E-state index >= 15 is 0 Å². The molecular weight excluding hydrogens is 508 g/mol. The van der Waals surface area contributed by atoms with Crippen LogP contribution in [0.15, 0.2) is 83.6 Å². The monoisotopic (exact) mass is 579 g/mol. The quantitative estimate of drug-likeness (QED) is 0.0665. The van der Waals surface area contributed by atoms with Gasteiger partial charge in [0.25, 0.3) is 0 Å². The first kappa shape index (κ1) is 40.1. The molecule has 0 aromatic carbocycles. The molecule has 0 saturated carbocycles. The largest absolute Gasteiger partial charge is 0.378 e. The predicted molar refractivity (Wildman–Crippen MR) is 192 cm³/mol. The lowest BCUT2D eigenvalue weighted by Gasteiger charge is -2.20. The van der Waals surface area contributed by atoms with Crippen molar-refractivity contribution >= 4 is 0 Å². The summed E-state index contributed by atoms with van der Waals surface area (Å²) < 4.78 is 5.48. The van der Waals surface area contributed by atoms with Crippen LogP contribution < -0.4 is 0 Å². The molecule has 0 saturated heterocycles. The van der Waals surface area contributed by atoms with Crippen LogP contribution in [0.25, 0.3) is 0 Å². The van der Waals surface area contributed by atoms with Crippen molar-refractivity contribution in [1.29, 1.82) is 0 Å². The number of allylic oxidation sites excluding steroid dienone is 13. The average Bonchev–Trinajstić information content (AvgIpc) is 2.91. The van der Waals surface area contributed by atoms with Gasteiger partial charge in [-0.3, -0.25) is 0 Å². The lowest BCUT2D eigenvalue weighted by molar-refractivity contribution is 0.0254. The summed E-state index contributed by atoms with van der Waals surface area (Å²) in [4.78, 5) is 0. The molecule has 4 unspecified atom stereocenters. The third-order valence-electron chi connectivity index (χ3n) is 8.10. The second-order valence-corrected chi connectivity index (χ2v) is 13.9. The first-order chi connectivity index (χ1) is 19.8. The first-order valence-corrected chi connectivity index (χ1v) is 17.0. The van der Waals surface area contributed by atoms with Crippen molar-refractivity contribution in [2.75, 3.05) is 7.11 Å². The van der Waals surface area contributed by atoms with Crippen LogP contribution in [0.4, 0.5) is 0 Å². The second kappa shape index (κ2) is 24.6. The van der Waals surface area contributed by atoms with E-state index in [9.17, 15) is 0 Å². The molecule has 0 amide bonds. The van der Waals surface area contributed by atoms with Crippen LogP contribution in [0, 0.1) is 23.7 Å². The Morgan fingerprint density at radius 2 is 1.31 bits per heavy atom. The van der Waals surface area contributed by atoms with Gasteiger partial charge in [-0.05, 0) is 117 Å². The standard InChI is InChI=1S/C41H70O/c1-34(2)20-14-23-37(5)26-17-29-38(6)27-15-24-35(3)21-12-13-22-36(4)25-16-28-39(7)30-18-31-40(8)32-19-33-41(9,10)42-11/h15-16,18-20,24,26-28,31-32,35-36,39-40H,12-14,17,21-23,25,29-30,33H2,1-11H3/b24-15+,28-16+,31-18+,32-19+,37-26+,38-27+. The highest BCUT2D eigenvalue weighted by atomic mass is 16.5. The van der Waals surface area contributed by atoms with E-state index in [1.165, 1.54) is 61.7 Å². The SMILES string of the molecule is COC(C)(C)C/C=C/C(C)/C=C/CC(C)/C=C/CC(C)CCCCC(C)/C=C/C=C(\C)CC/C=C(\C)CCC=C(C)C. The number of rotatable bonds is 23. The topological polar surface area (TPSA) is 9.23 Å². The van der Waals surface area contributed by atoms with Crippen molar-refractivity contribution in [3.05, 3.63) is 83.6 Å². The van der Waals surface area contributed by atoms with E-state index in [0.717, 1.165) is 31.6 Å². The van der Waals surface area contributed by atoms with E-state index in [1.807, 2.05) is 0 Å². The van der Waals surface area contributed by atoms with Crippen molar-refractivity contribution in [1.82, 2.24) is 0 Å². The van der Waals surface area contributed by atoms with Crippen LogP contribution in [0.5, 0.6) is 0 Å². The van der Waals surface area contributed by atoms with Crippen LogP contribution >= 0.6 is 0 Å². The summed E-state index contributed by atoms with van der Waals surface area (Å²) in [6, 6.07) is 0. The molecule has 4 atom stereocenters. The van der Waals surface area contributed by atoms with E-state index in [0.29, 0.717) is 17.8 Å². The van der Waals surface area contributed by atoms with Crippen molar-refractivity contribution < 1.29 is 4.74 Å². The van der Waals surface area contributed by atoms with Gasteiger partial charge in [-0.15, -0.1) is 0 Å². The molecule has 0 aromatic heterocycles. The molecule has 0 aliphatic heterocycles. The number of hydrogen-bond donors (Lipinski definition) is 0. The molecule has 0 aliphatic carbocycles. The molecule has 240 valence electrons. The van der Waals surface area contributed by atoms with Gasteiger partial charge in [0.15, 0.2) is 0 Å². The van der Waals surface area contributed by atoms with E-state index in [4.69, 9.17) is 4.74 Å². The van der Waals surface area contributed by atoms with Crippen molar-refractivity contribution in [2.45, 2.75) is 145 Å². The predicted octanol–water partition coefficient (Wildman–Crippen LogP) is 13.3. The summed E-state index contributed by atoms with van der Waals surface area (Å²) in [7, 11) is 1.78. The number of ether oxygens (including phenoxy) is 1. The second-order valence-electron chi connectivity index (χ2n) is 13.9. The Morgan fingerprint density at radius 3 is 2.00 bits per heavy atom. The van der Waals surface area contributed by atoms with Gasteiger partial charge in [0, 0.05) is 7.11 Å². The van der Waals surface area contributed by atoms with Gasteiger partial charge in [0.1, 0.15) is 0 Å². The summed E-state index contributed by atoms with van der Waals surface area (Å²) in [5, 5.41) is 0. The van der Waals surface area contributed by atoms with Crippen molar-refractivity contribution in [3.8, 4) is 0 Å². The van der Waals surface area contributed by atoms with Crippen LogP contribution in [0.3, 0.4) is 0 Å². The van der Waals surface area contributed by atoms with Gasteiger partial charge < -0.3 is 4.74 Å². The Hall–Kier alpha value is -1.86. The lowest BCUT2D eigenvalue weighted by Crippen LogP contribution is -2.20. The summed E-state index contributed by atoms with van der Waals surface area (Å²) in [5.74, 6) is 2.50. The van der Waals surface area contributed by atoms with Gasteiger partial charge in [-0.2, -0.15) is 0 Å². The van der Waals surface area contributed by atoms with Crippen molar-refractivity contribution in [3.63, 3.8) is 0 Å². The molecule has 0 rings (SSSR count). The Labute approximate surface area is 264 Å². The summed E-state index contributed by atoms with van der Waals surface area (Å²) in [6.07, 6.45) is 39.0. The lowest BCUT2D eigenvalue weighted by atomic mass is 9.96. The summed E-state index contributed by atoms with van der Waals surface area (Å²) >= 11 is 0. The molecule has 0 spiro atoms. The Morgan fingerprint density at radius 1 is 0.690 bits per heavy atom. The fourth-order valence-electron chi connectivity index (χ4n) is 4.75. The highest BCUT2D eigenvalue weighted by molar-refractivity contribution is 5.12. The number of unbranched alkanes of at least 4 members (excludes halogenated alkanes) is 1. The fraction of sp³-hybridized carbons (Fsp3) is 0.659. The summed E-state index contributed by atoms with van der Waals surface area (Å²) in [5.41, 5.74) is 4.34. The Balaban J connectivity index is 4.10. The highest BCUT2D eigenvalue weighted by Crippen LogP contribution is 2.19. The van der Waals surface area contributed by atoms with E-state index in [2.05, 4.69) is 136 Å². The number of methoxy groups -OCH3 is 1. The van der Waals surface area contributed by atoms with Crippen LogP contribution in [0.2, 0.25) is 0 Å². The molecule has 0 aliphatic rings. The third kappa shape index (κ3) is 25.8. The van der Waals surface area contributed by atoms with Gasteiger partial charge in [0.2, 0.25) is 0 Å². The molecular formula is C41H70O. The normalized spacial score (nSPS) is 16.6. The molecule has 1 heteroatoms. The maximum Gasteiger partial charge on any atom is 0.0657 e. The number of hydrogen-bond acceptors (Lipinski definition) is 1. The molecule has 42 heavy (non-hydrogen) atoms. The maximum atomic E-state index is 5.48. The van der Waals surface area contributed by atoms with Gasteiger partial charge >= 0.3 is 0 Å². The smallest absolute Gasteiger partial charge is 0.0657 e. The van der Waals surface area contributed by atoms with E-state index in [1.54, 1.807) is 7.11 Å². The first-order valence-electron chi connectivity index (χ1n) is 17.0. The van der Waals surface area contributed by atoms with Crippen molar-refractivity contribution in [2.24, 2.45) is 23.7 Å². The van der Waals surface area contributed by atoms with Crippen LogP contribution in [0.1, 0.15) is 140 Å². The van der Waals surface area contributed by atoms with E-state index < -0.39 is 0 Å². The average molecular weight is 579 g/mol. The molecule has 0 fully saturated rings. The minimum absolute atomic E-state index is 0.0779. The summed E-state index contributed by atoms with van der Waals surface area (Å²) in [6.45, 7) is 22.5. The Kier molecular flexibility index (Phi) is 23.5. The zero-order valence-electron chi connectivity index (χ0n) is 29.8. The zero-order chi connectivity index (χ0) is 31.8. The van der Waals surface area contributed by atoms with E-state index in [-0.39, 0.29) is 5.60 Å². The molecule has 0 aromatic rings. The van der Waals surface area contributed by atoms with Gasteiger partial charge in [0.05, 0.1) is 5.60 Å².